The molecule has 0 aliphatic heterocycles. The Morgan fingerprint density at radius 1 is 0.933 bits per heavy atom. The maximum Gasteiger partial charge on any atom is 0.143 e. The van der Waals surface area contributed by atoms with E-state index in [4.69, 9.17) is 9.72 Å². The first-order valence-electron chi connectivity index (χ1n) is 10.4. The van der Waals surface area contributed by atoms with Gasteiger partial charge in [0.05, 0.1) is 17.6 Å². The Kier molecular flexibility index (Phi) is 5.86. The van der Waals surface area contributed by atoms with Gasteiger partial charge in [0.2, 0.25) is 0 Å². The third-order valence-electron chi connectivity index (χ3n) is 5.54. The van der Waals surface area contributed by atoms with Gasteiger partial charge in [0.15, 0.2) is 0 Å². The second-order valence-corrected chi connectivity index (χ2v) is 7.88. The van der Waals surface area contributed by atoms with Crippen LogP contribution in [0.3, 0.4) is 0 Å². The van der Waals surface area contributed by atoms with E-state index in [1.54, 1.807) is 0 Å². The first-order valence-corrected chi connectivity index (χ1v) is 10.4. The molecule has 0 spiro atoms. The number of ether oxygens (including phenoxy) is 1. The summed E-state index contributed by atoms with van der Waals surface area (Å²) in [6, 6.07) is 22.1. The normalized spacial score (nSPS) is 12.3. The van der Waals surface area contributed by atoms with Gasteiger partial charge in [0.25, 0.3) is 0 Å². The van der Waals surface area contributed by atoms with Gasteiger partial charge in [-0.05, 0) is 73.7 Å². The number of benzene rings is 3. The molecule has 4 rings (SSSR count). The Morgan fingerprint density at radius 3 is 2.47 bits per heavy atom. The number of hydrogen-bond donors (Lipinski definition) is 1. The summed E-state index contributed by atoms with van der Waals surface area (Å²) in [7, 11) is 0. The summed E-state index contributed by atoms with van der Waals surface area (Å²) >= 11 is 0. The SMILES string of the molecule is Cc1cccc(OCCCn2c(C(O)c3ccccc3)nc3cc(C)c(C)cc32)c1. The molecule has 0 fully saturated rings. The van der Waals surface area contributed by atoms with Crippen LogP contribution in [0.25, 0.3) is 11.0 Å². The van der Waals surface area contributed by atoms with E-state index in [2.05, 4.69) is 43.5 Å². The molecule has 0 aliphatic rings. The van der Waals surface area contributed by atoms with E-state index < -0.39 is 6.10 Å². The Balaban J connectivity index is 1.60. The van der Waals surface area contributed by atoms with Gasteiger partial charge in [-0.3, -0.25) is 0 Å². The molecule has 1 heterocycles. The zero-order valence-electron chi connectivity index (χ0n) is 17.8. The number of aryl methyl sites for hydroxylation is 4. The minimum Gasteiger partial charge on any atom is -0.494 e. The number of aliphatic hydroxyl groups excluding tert-OH is 1. The van der Waals surface area contributed by atoms with Crippen LogP contribution in [0.15, 0.2) is 66.7 Å². The van der Waals surface area contributed by atoms with Gasteiger partial charge >= 0.3 is 0 Å². The second-order valence-electron chi connectivity index (χ2n) is 7.88. The van der Waals surface area contributed by atoms with Crippen molar-refractivity contribution in [3.63, 3.8) is 0 Å². The van der Waals surface area contributed by atoms with Gasteiger partial charge in [0, 0.05) is 6.54 Å². The fourth-order valence-corrected chi connectivity index (χ4v) is 3.74. The van der Waals surface area contributed by atoms with Crippen molar-refractivity contribution in [2.24, 2.45) is 0 Å². The average Bonchev–Trinajstić information content (AvgIpc) is 3.09. The second kappa shape index (κ2) is 8.72. The highest BCUT2D eigenvalue weighted by Gasteiger charge is 2.20. The summed E-state index contributed by atoms with van der Waals surface area (Å²) in [5, 5.41) is 11.1. The highest BCUT2D eigenvalue weighted by molar-refractivity contribution is 5.78. The Morgan fingerprint density at radius 2 is 1.70 bits per heavy atom. The number of hydrogen-bond acceptors (Lipinski definition) is 3. The molecule has 0 amide bonds. The van der Waals surface area contributed by atoms with Crippen LogP contribution in [-0.4, -0.2) is 21.3 Å². The summed E-state index contributed by atoms with van der Waals surface area (Å²) in [6.45, 7) is 7.60. The Bertz CT molecular complexity index is 1150. The predicted molar refractivity (Wildman–Crippen MR) is 121 cm³/mol. The van der Waals surface area contributed by atoms with Crippen molar-refractivity contribution in [1.82, 2.24) is 9.55 Å². The molecule has 0 aliphatic carbocycles. The Hall–Kier alpha value is -3.11. The van der Waals surface area contributed by atoms with Gasteiger partial charge in [-0.2, -0.15) is 0 Å². The molecule has 30 heavy (non-hydrogen) atoms. The summed E-state index contributed by atoms with van der Waals surface area (Å²) in [5.74, 6) is 1.57. The molecule has 4 heteroatoms. The van der Waals surface area contributed by atoms with Crippen LogP contribution in [0.4, 0.5) is 0 Å². The van der Waals surface area contributed by atoms with Crippen LogP contribution in [0, 0.1) is 20.8 Å². The molecule has 4 nitrogen and oxygen atoms in total. The molecule has 4 aromatic rings. The van der Waals surface area contributed by atoms with Crippen molar-refractivity contribution in [3.05, 3.63) is 94.8 Å². The van der Waals surface area contributed by atoms with Gasteiger partial charge in [-0.25, -0.2) is 4.98 Å². The highest BCUT2D eigenvalue weighted by Crippen LogP contribution is 2.28. The van der Waals surface area contributed by atoms with E-state index in [1.807, 2.05) is 48.5 Å². The lowest BCUT2D eigenvalue weighted by molar-refractivity contribution is 0.203. The number of imidazole rings is 1. The van der Waals surface area contributed by atoms with Crippen LogP contribution >= 0.6 is 0 Å². The maximum absolute atomic E-state index is 11.1. The third-order valence-corrected chi connectivity index (χ3v) is 5.54. The Labute approximate surface area is 177 Å². The maximum atomic E-state index is 11.1. The molecule has 1 unspecified atom stereocenters. The van der Waals surface area contributed by atoms with E-state index in [9.17, 15) is 5.11 Å². The summed E-state index contributed by atoms with van der Waals surface area (Å²) in [4.78, 5) is 4.81. The lowest BCUT2D eigenvalue weighted by Crippen LogP contribution is -2.12. The topological polar surface area (TPSA) is 47.3 Å². The summed E-state index contributed by atoms with van der Waals surface area (Å²) < 4.78 is 8.07. The van der Waals surface area contributed by atoms with Gasteiger partial charge < -0.3 is 14.4 Å². The molecule has 1 atom stereocenters. The average molecular weight is 401 g/mol. The standard InChI is InChI=1S/C26H28N2O2/c1-18-9-7-12-22(15-18)30-14-8-13-28-24-17-20(3)19(2)16-23(24)27-26(28)25(29)21-10-5-4-6-11-21/h4-7,9-12,15-17,25,29H,8,13-14H2,1-3H3. The lowest BCUT2D eigenvalue weighted by Gasteiger charge is -2.15. The zero-order chi connectivity index (χ0) is 21.1. The first-order chi connectivity index (χ1) is 14.5. The highest BCUT2D eigenvalue weighted by atomic mass is 16.5. The third kappa shape index (κ3) is 4.24. The first kappa shape index (κ1) is 20.2. The van der Waals surface area contributed by atoms with Crippen molar-refractivity contribution in [2.75, 3.05) is 6.61 Å². The quantitative estimate of drug-likeness (QED) is 0.416. The van der Waals surface area contributed by atoms with Crippen LogP contribution in [0.1, 0.15) is 40.6 Å². The fraction of sp³-hybridized carbons (Fsp3) is 0.269. The van der Waals surface area contributed by atoms with Crippen molar-refractivity contribution in [3.8, 4) is 5.75 Å². The van der Waals surface area contributed by atoms with Crippen molar-refractivity contribution in [2.45, 2.75) is 39.8 Å². The van der Waals surface area contributed by atoms with E-state index in [1.165, 1.54) is 16.7 Å². The van der Waals surface area contributed by atoms with Crippen LogP contribution in [0.5, 0.6) is 5.75 Å². The number of fused-ring (bicyclic) bond motifs is 1. The van der Waals surface area contributed by atoms with Gasteiger partial charge in [-0.1, -0.05) is 42.5 Å². The fourth-order valence-electron chi connectivity index (χ4n) is 3.74. The minimum atomic E-state index is -0.767. The molecule has 1 N–H and O–H groups in total. The molecule has 0 radical (unpaired) electrons. The van der Waals surface area contributed by atoms with Gasteiger partial charge in [0.1, 0.15) is 17.7 Å². The molecule has 1 aromatic heterocycles. The van der Waals surface area contributed by atoms with Gasteiger partial charge in [-0.15, -0.1) is 0 Å². The number of nitrogens with zero attached hydrogens (tertiary/aromatic N) is 2. The van der Waals surface area contributed by atoms with E-state index in [0.29, 0.717) is 12.4 Å². The molecular formula is C26H28N2O2. The molecule has 154 valence electrons. The summed E-state index contributed by atoms with van der Waals surface area (Å²) in [6.07, 6.45) is 0.0535. The largest absolute Gasteiger partial charge is 0.494 e. The predicted octanol–water partition coefficient (Wildman–Crippen LogP) is 5.51. The molecular weight excluding hydrogens is 372 g/mol. The van der Waals surface area contributed by atoms with Crippen molar-refractivity contribution in [1.29, 1.82) is 0 Å². The van der Waals surface area contributed by atoms with Crippen molar-refractivity contribution < 1.29 is 9.84 Å². The van der Waals surface area contributed by atoms with E-state index >= 15 is 0 Å². The number of aliphatic hydroxyl groups is 1. The minimum absolute atomic E-state index is 0.606. The molecule has 0 saturated carbocycles. The molecule has 3 aromatic carbocycles. The van der Waals surface area contributed by atoms with Crippen molar-refractivity contribution >= 4 is 11.0 Å². The monoisotopic (exact) mass is 400 g/mol. The van der Waals surface area contributed by atoms with Crippen LogP contribution < -0.4 is 4.74 Å². The van der Waals surface area contributed by atoms with Crippen LogP contribution in [0.2, 0.25) is 0 Å². The smallest absolute Gasteiger partial charge is 0.143 e. The zero-order valence-corrected chi connectivity index (χ0v) is 17.8. The lowest BCUT2D eigenvalue weighted by atomic mass is 10.1. The summed E-state index contributed by atoms with van der Waals surface area (Å²) in [5.41, 5.74) is 6.43. The van der Waals surface area contributed by atoms with Crippen LogP contribution in [-0.2, 0) is 6.54 Å². The number of aromatic nitrogens is 2. The molecule has 0 saturated heterocycles. The molecule has 0 bridgehead atoms. The number of rotatable bonds is 7. The van der Waals surface area contributed by atoms with E-state index in [-0.39, 0.29) is 0 Å². The van der Waals surface area contributed by atoms with E-state index in [0.717, 1.165) is 35.3 Å².